The number of aromatic amines is 1. The van der Waals surface area contributed by atoms with E-state index in [2.05, 4.69) is 10.3 Å². The van der Waals surface area contributed by atoms with Crippen molar-refractivity contribution in [3.05, 3.63) is 80.2 Å². The summed E-state index contributed by atoms with van der Waals surface area (Å²) < 4.78 is 0. The molecule has 3 rings (SSSR count). The van der Waals surface area contributed by atoms with Crippen molar-refractivity contribution in [3.8, 4) is 0 Å². The van der Waals surface area contributed by atoms with E-state index in [0.717, 1.165) is 5.56 Å². The third kappa shape index (κ3) is 3.38. The van der Waals surface area contributed by atoms with E-state index in [0.29, 0.717) is 20.8 Å². The Morgan fingerprint density at radius 1 is 1.09 bits per heavy atom. The number of benzene rings is 2. The minimum Gasteiger partial charge on any atom is -0.347 e. The molecule has 0 saturated heterocycles. The number of aromatic nitrogens is 1. The standard InChI is InChI=1S/C17H12Cl2N2O2/c18-12-6-5-11(14(19)8-12)9-20-17(23)15-7-10-3-1-2-4-13(10)16(22)21-15/h1-8H,9H2,(H,20,23)(H,21,22). The van der Waals surface area contributed by atoms with Crippen molar-refractivity contribution in [3.63, 3.8) is 0 Å². The van der Waals surface area contributed by atoms with Crippen molar-refractivity contribution in [2.24, 2.45) is 0 Å². The molecule has 1 heterocycles. The smallest absolute Gasteiger partial charge is 0.268 e. The van der Waals surface area contributed by atoms with Crippen LogP contribution in [0.2, 0.25) is 10.0 Å². The monoisotopic (exact) mass is 346 g/mol. The van der Waals surface area contributed by atoms with Gasteiger partial charge in [0.1, 0.15) is 5.69 Å². The van der Waals surface area contributed by atoms with Gasteiger partial charge in [-0.3, -0.25) is 9.59 Å². The molecule has 3 aromatic rings. The summed E-state index contributed by atoms with van der Waals surface area (Å²) in [6.45, 7) is 0.240. The maximum absolute atomic E-state index is 12.2. The van der Waals surface area contributed by atoms with Gasteiger partial charge in [0, 0.05) is 22.0 Å². The Morgan fingerprint density at radius 2 is 1.87 bits per heavy atom. The predicted octanol–water partition coefficient (Wildman–Crippen LogP) is 3.76. The van der Waals surface area contributed by atoms with Gasteiger partial charge in [-0.1, -0.05) is 47.5 Å². The number of hydrogen-bond acceptors (Lipinski definition) is 2. The van der Waals surface area contributed by atoms with E-state index in [1.165, 1.54) is 0 Å². The highest BCUT2D eigenvalue weighted by Gasteiger charge is 2.10. The van der Waals surface area contributed by atoms with Crippen LogP contribution in [-0.4, -0.2) is 10.9 Å². The molecule has 0 unspecified atom stereocenters. The number of nitrogens with one attached hydrogen (secondary N) is 2. The SMILES string of the molecule is O=C(NCc1ccc(Cl)cc1Cl)c1cc2ccccc2c(=O)[nH]1. The van der Waals surface area contributed by atoms with Gasteiger partial charge in [-0.05, 0) is 35.2 Å². The molecule has 6 heteroatoms. The maximum Gasteiger partial charge on any atom is 0.268 e. The third-order valence-corrected chi connectivity index (χ3v) is 4.04. The average molecular weight is 347 g/mol. The zero-order chi connectivity index (χ0) is 16.4. The summed E-state index contributed by atoms with van der Waals surface area (Å²) in [5.74, 6) is -0.376. The molecule has 4 nitrogen and oxygen atoms in total. The van der Waals surface area contributed by atoms with Crippen LogP contribution in [0.15, 0.2) is 53.3 Å². The van der Waals surface area contributed by atoms with Gasteiger partial charge >= 0.3 is 0 Å². The maximum atomic E-state index is 12.2. The predicted molar refractivity (Wildman–Crippen MR) is 92.2 cm³/mol. The summed E-state index contributed by atoms with van der Waals surface area (Å²) in [6.07, 6.45) is 0. The van der Waals surface area contributed by atoms with E-state index in [1.807, 2.05) is 6.07 Å². The fourth-order valence-corrected chi connectivity index (χ4v) is 2.74. The molecule has 0 saturated carbocycles. The fourth-order valence-electron chi connectivity index (χ4n) is 2.27. The van der Waals surface area contributed by atoms with E-state index in [1.54, 1.807) is 42.5 Å². The topological polar surface area (TPSA) is 62.0 Å². The highest BCUT2D eigenvalue weighted by Crippen LogP contribution is 2.20. The van der Waals surface area contributed by atoms with Crippen LogP contribution in [0.4, 0.5) is 0 Å². The number of H-pyrrole nitrogens is 1. The quantitative estimate of drug-likeness (QED) is 0.758. The first kappa shape index (κ1) is 15.6. The van der Waals surface area contributed by atoms with Crippen molar-refractivity contribution in [1.82, 2.24) is 10.3 Å². The lowest BCUT2D eigenvalue weighted by Gasteiger charge is -2.08. The first-order valence-electron chi connectivity index (χ1n) is 6.89. The lowest BCUT2D eigenvalue weighted by Crippen LogP contribution is -2.26. The number of amides is 1. The zero-order valence-electron chi connectivity index (χ0n) is 11.9. The summed E-state index contributed by atoms with van der Waals surface area (Å²) in [6, 6.07) is 13.8. The van der Waals surface area contributed by atoms with E-state index in [4.69, 9.17) is 23.2 Å². The molecule has 0 aliphatic rings. The summed E-state index contributed by atoms with van der Waals surface area (Å²) in [5, 5.41) is 5.00. The van der Waals surface area contributed by atoms with Crippen molar-refractivity contribution in [1.29, 1.82) is 0 Å². The highest BCUT2D eigenvalue weighted by atomic mass is 35.5. The van der Waals surface area contributed by atoms with Crippen LogP contribution in [0.25, 0.3) is 10.8 Å². The number of fused-ring (bicyclic) bond motifs is 1. The van der Waals surface area contributed by atoms with Crippen molar-refractivity contribution < 1.29 is 4.79 Å². The summed E-state index contributed by atoms with van der Waals surface area (Å²) in [7, 11) is 0. The molecular weight excluding hydrogens is 335 g/mol. The van der Waals surface area contributed by atoms with Crippen molar-refractivity contribution in [2.45, 2.75) is 6.54 Å². The molecule has 0 aliphatic heterocycles. The first-order chi connectivity index (χ1) is 11.0. The molecule has 0 atom stereocenters. The largest absolute Gasteiger partial charge is 0.347 e. The minimum absolute atomic E-state index is 0.207. The molecule has 0 aliphatic carbocycles. The Balaban J connectivity index is 1.82. The number of hydrogen-bond donors (Lipinski definition) is 2. The van der Waals surface area contributed by atoms with E-state index in [9.17, 15) is 9.59 Å². The molecule has 2 aromatic carbocycles. The Morgan fingerprint density at radius 3 is 2.65 bits per heavy atom. The van der Waals surface area contributed by atoms with E-state index < -0.39 is 0 Å². The molecule has 0 radical (unpaired) electrons. The highest BCUT2D eigenvalue weighted by molar-refractivity contribution is 6.35. The number of carbonyl (C=O) groups is 1. The molecule has 1 amide bonds. The summed E-state index contributed by atoms with van der Waals surface area (Å²) in [5.41, 5.74) is 0.657. The number of carbonyl (C=O) groups excluding carboxylic acids is 1. The second-order valence-electron chi connectivity index (χ2n) is 5.02. The molecule has 23 heavy (non-hydrogen) atoms. The van der Waals surface area contributed by atoms with Gasteiger partial charge in [-0.15, -0.1) is 0 Å². The van der Waals surface area contributed by atoms with Crippen LogP contribution in [-0.2, 0) is 6.54 Å². The van der Waals surface area contributed by atoms with E-state index in [-0.39, 0.29) is 23.7 Å². The Labute approximate surface area is 142 Å². The van der Waals surface area contributed by atoms with Crippen LogP contribution < -0.4 is 10.9 Å². The second kappa shape index (κ2) is 6.44. The van der Waals surface area contributed by atoms with E-state index >= 15 is 0 Å². The van der Waals surface area contributed by atoms with Crippen LogP contribution >= 0.6 is 23.2 Å². The molecule has 0 spiro atoms. The Kier molecular flexibility index (Phi) is 4.37. The minimum atomic E-state index is -0.376. The number of pyridine rings is 1. The molecule has 0 fully saturated rings. The molecule has 2 N–H and O–H groups in total. The van der Waals surface area contributed by atoms with Gasteiger partial charge in [0.05, 0.1) is 0 Å². The van der Waals surface area contributed by atoms with Crippen molar-refractivity contribution >= 4 is 39.9 Å². The van der Waals surface area contributed by atoms with Gasteiger partial charge in [-0.2, -0.15) is 0 Å². The first-order valence-corrected chi connectivity index (χ1v) is 7.64. The molecule has 0 bridgehead atoms. The Bertz CT molecular complexity index is 951. The van der Waals surface area contributed by atoms with Crippen LogP contribution in [0, 0.1) is 0 Å². The van der Waals surface area contributed by atoms with Crippen molar-refractivity contribution in [2.75, 3.05) is 0 Å². The molecule has 116 valence electrons. The van der Waals surface area contributed by atoms with Gasteiger partial charge in [0.15, 0.2) is 0 Å². The second-order valence-corrected chi connectivity index (χ2v) is 5.86. The fraction of sp³-hybridized carbons (Fsp3) is 0.0588. The van der Waals surface area contributed by atoms with Gasteiger partial charge in [0.25, 0.3) is 11.5 Å². The third-order valence-electron chi connectivity index (χ3n) is 3.45. The summed E-state index contributed by atoms with van der Waals surface area (Å²) in [4.78, 5) is 26.8. The van der Waals surface area contributed by atoms with Gasteiger partial charge in [-0.25, -0.2) is 0 Å². The Hall–Kier alpha value is -2.30. The zero-order valence-corrected chi connectivity index (χ0v) is 13.4. The lowest BCUT2D eigenvalue weighted by molar-refractivity contribution is 0.0946. The number of rotatable bonds is 3. The van der Waals surface area contributed by atoms with Crippen LogP contribution in [0.3, 0.4) is 0 Å². The average Bonchev–Trinajstić information content (AvgIpc) is 2.53. The summed E-state index contributed by atoms with van der Waals surface area (Å²) >= 11 is 11.9. The van der Waals surface area contributed by atoms with Gasteiger partial charge < -0.3 is 10.3 Å². The van der Waals surface area contributed by atoms with Crippen LogP contribution in [0.5, 0.6) is 0 Å². The molecule has 1 aromatic heterocycles. The molecular formula is C17H12Cl2N2O2. The lowest BCUT2D eigenvalue weighted by atomic mass is 10.1. The van der Waals surface area contributed by atoms with Crippen LogP contribution in [0.1, 0.15) is 16.1 Å². The number of halogens is 2. The normalized spacial score (nSPS) is 10.7. The van der Waals surface area contributed by atoms with Gasteiger partial charge in [0.2, 0.25) is 0 Å².